The number of amides is 2. The van der Waals surface area contributed by atoms with Crippen LogP contribution >= 0.6 is 0 Å². The van der Waals surface area contributed by atoms with Gasteiger partial charge < -0.3 is 19.7 Å². The van der Waals surface area contributed by atoms with E-state index in [9.17, 15) is 14.4 Å². The van der Waals surface area contributed by atoms with Crippen LogP contribution < -0.4 is 5.32 Å². The van der Waals surface area contributed by atoms with E-state index in [4.69, 9.17) is 9.47 Å². The van der Waals surface area contributed by atoms with Gasteiger partial charge in [0.05, 0.1) is 6.61 Å². The Morgan fingerprint density at radius 1 is 1.27 bits per heavy atom. The maximum absolute atomic E-state index is 13.6. The van der Waals surface area contributed by atoms with E-state index < -0.39 is 29.2 Å². The van der Waals surface area contributed by atoms with Crippen molar-refractivity contribution in [3.63, 3.8) is 0 Å². The molecule has 1 saturated carbocycles. The zero-order valence-corrected chi connectivity index (χ0v) is 21.6. The fourth-order valence-electron chi connectivity index (χ4n) is 4.53. The zero-order valence-electron chi connectivity index (χ0n) is 21.6. The van der Waals surface area contributed by atoms with E-state index in [0.717, 1.165) is 32.1 Å². The number of carbonyl (C=O) groups is 3. The lowest BCUT2D eigenvalue weighted by Crippen LogP contribution is -2.57. The van der Waals surface area contributed by atoms with E-state index in [1.54, 1.807) is 4.90 Å². The summed E-state index contributed by atoms with van der Waals surface area (Å²) in [6, 6.07) is -1.44. The quantitative estimate of drug-likeness (QED) is 0.288. The second-order valence-electron chi connectivity index (χ2n) is 11.5. The average molecular weight is 465 g/mol. The number of nitrogens with one attached hydrogen (secondary N) is 1. The van der Waals surface area contributed by atoms with Gasteiger partial charge in [0.15, 0.2) is 0 Å². The number of allylic oxidation sites excluding steroid dienone is 1. The molecule has 33 heavy (non-hydrogen) atoms. The summed E-state index contributed by atoms with van der Waals surface area (Å²) < 4.78 is 11.2. The minimum absolute atomic E-state index is 0.00267. The molecule has 1 N–H and O–H groups in total. The lowest BCUT2D eigenvalue weighted by atomic mass is 9.85. The first-order valence-corrected chi connectivity index (χ1v) is 12.4. The van der Waals surface area contributed by atoms with Gasteiger partial charge in [-0.3, -0.25) is 4.79 Å². The SMILES string of the molecule is C=CCCCC1CC1(C)OC(=O)N[C@H](C(=O)N1CC[C@@H](C)[C@H]1C(=O)OCC(C)C)C(C)(C)C. The molecule has 0 spiro atoms. The Bertz CT molecular complexity index is 729. The van der Waals surface area contributed by atoms with Gasteiger partial charge in [-0.1, -0.05) is 47.6 Å². The van der Waals surface area contributed by atoms with Gasteiger partial charge >= 0.3 is 12.1 Å². The molecule has 1 heterocycles. The van der Waals surface area contributed by atoms with Crippen LogP contribution in [0.4, 0.5) is 4.79 Å². The van der Waals surface area contributed by atoms with E-state index in [1.165, 1.54) is 0 Å². The van der Waals surface area contributed by atoms with Crippen molar-refractivity contribution in [1.29, 1.82) is 0 Å². The number of likely N-dealkylation sites (tertiary alicyclic amines) is 1. The molecule has 0 aromatic rings. The number of hydrogen-bond acceptors (Lipinski definition) is 5. The van der Waals surface area contributed by atoms with Crippen LogP contribution in [-0.2, 0) is 19.1 Å². The highest BCUT2D eigenvalue weighted by Crippen LogP contribution is 2.49. The summed E-state index contributed by atoms with van der Waals surface area (Å²) >= 11 is 0. The predicted molar refractivity (Wildman–Crippen MR) is 128 cm³/mol. The second kappa shape index (κ2) is 10.9. The Morgan fingerprint density at radius 3 is 2.52 bits per heavy atom. The molecular weight excluding hydrogens is 420 g/mol. The summed E-state index contributed by atoms with van der Waals surface area (Å²) in [4.78, 5) is 40.7. The third-order valence-corrected chi connectivity index (χ3v) is 6.80. The maximum Gasteiger partial charge on any atom is 0.408 e. The Balaban J connectivity index is 2.05. The number of unbranched alkanes of at least 4 members (excludes halogenated alkanes) is 1. The van der Waals surface area contributed by atoms with Crippen LogP contribution in [-0.4, -0.2) is 53.7 Å². The number of nitrogens with zero attached hydrogens (tertiary/aromatic N) is 1. The fourth-order valence-corrected chi connectivity index (χ4v) is 4.53. The van der Waals surface area contributed by atoms with Crippen LogP contribution in [0.15, 0.2) is 12.7 Å². The summed E-state index contributed by atoms with van der Waals surface area (Å²) in [6.45, 7) is 18.1. The van der Waals surface area contributed by atoms with Crippen molar-refractivity contribution in [1.82, 2.24) is 10.2 Å². The molecule has 0 bridgehead atoms. The van der Waals surface area contributed by atoms with E-state index in [2.05, 4.69) is 11.9 Å². The van der Waals surface area contributed by atoms with Crippen molar-refractivity contribution < 1.29 is 23.9 Å². The van der Waals surface area contributed by atoms with Crippen molar-refractivity contribution in [3.05, 3.63) is 12.7 Å². The lowest BCUT2D eigenvalue weighted by molar-refractivity contribution is -0.156. The monoisotopic (exact) mass is 464 g/mol. The highest BCUT2D eigenvalue weighted by molar-refractivity contribution is 5.91. The topological polar surface area (TPSA) is 84.9 Å². The standard InChI is InChI=1S/C26H44N2O5/c1-9-10-11-12-19-15-26(19,8)33-24(31)27-21(25(5,6)7)22(29)28-14-13-18(4)20(28)23(30)32-16-17(2)3/h9,17-21H,1,10-16H2,2-8H3,(H,27,31)/t18-,19?,20+,21-,26?/m1/s1. The summed E-state index contributed by atoms with van der Waals surface area (Å²) in [5, 5.41) is 2.82. The average Bonchev–Trinajstić information content (AvgIpc) is 3.16. The first kappa shape index (κ1) is 27.2. The third-order valence-electron chi connectivity index (χ3n) is 6.80. The summed E-state index contributed by atoms with van der Waals surface area (Å²) in [7, 11) is 0. The number of esters is 1. The van der Waals surface area contributed by atoms with Crippen molar-refractivity contribution in [2.75, 3.05) is 13.2 Å². The fraction of sp³-hybridized carbons (Fsp3) is 0.808. The van der Waals surface area contributed by atoms with Crippen molar-refractivity contribution in [2.45, 2.75) is 98.3 Å². The number of carbonyl (C=O) groups excluding carboxylic acids is 3. The van der Waals surface area contributed by atoms with Gasteiger partial charge in [0.1, 0.15) is 17.7 Å². The number of ether oxygens (including phenoxy) is 2. The molecule has 2 aliphatic rings. The molecule has 2 fully saturated rings. The van der Waals surface area contributed by atoms with Crippen molar-refractivity contribution in [2.24, 2.45) is 23.2 Å². The molecule has 5 atom stereocenters. The lowest BCUT2D eigenvalue weighted by Gasteiger charge is -2.35. The normalized spacial score (nSPS) is 27.8. The van der Waals surface area contributed by atoms with Gasteiger partial charge in [-0.2, -0.15) is 0 Å². The highest BCUT2D eigenvalue weighted by Gasteiger charge is 2.54. The summed E-state index contributed by atoms with van der Waals surface area (Å²) in [5.74, 6) is -0.0729. The van der Waals surface area contributed by atoms with Crippen molar-refractivity contribution in [3.8, 4) is 0 Å². The maximum atomic E-state index is 13.6. The second-order valence-corrected chi connectivity index (χ2v) is 11.5. The van der Waals surface area contributed by atoms with E-state index in [0.29, 0.717) is 19.1 Å². The molecule has 0 aromatic carbocycles. The molecule has 7 nitrogen and oxygen atoms in total. The van der Waals surface area contributed by atoms with Crippen LogP contribution in [0.5, 0.6) is 0 Å². The minimum Gasteiger partial charge on any atom is -0.464 e. The Labute approximate surface area is 199 Å². The van der Waals surface area contributed by atoms with Gasteiger partial charge in [-0.05, 0) is 56.3 Å². The van der Waals surface area contributed by atoms with Crippen LogP contribution in [0.2, 0.25) is 0 Å². The van der Waals surface area contributed by atoms with Gasteiger partial charge in [0.25, 0.3) is 0 Å². The molecular formula is C26H44N2O5. The summed E-state index contributed by atoms with van der Waals surface area (Å²) in [5.41, 5.74) is -1.04. The molecule has 0 aromatic heterocycles. The van der Waals surface area contributed by atoms with Crippen LogP contribution in [0.3, 0.4) is 0 Å². The molecule has 7 heteroatoms. The molecule has 2 unspecified atom stereocenters. The molecule has 2 rings (SSSR count). The molecule has 1 saturated heterocycles. The number of rotatable bonds is 10. The Kier molecular flexibility index (Phi) is 9.00. The van der Waals surface area contributed by atoms with Gasteiger partial charge in [-0.25, -0.2) is 9.59 Å². The smallest absolute Gasteiger partial charge is 0.408 e. The van der Waals surface area contributed by atoms with E-state index in [-0.39, 0.29) is 23.7 Å². The predicted octanol–water partition coefficient (Wildman–Crippen LogP) is 4.70. The van der Waals surface area contributed by atoms with Crippen LogP contribution in [0.1, 0.15) is 80.6 Å². The van der Waals surface area contributed by atoms with Crippen LogP contribution in [0.25, 0.3) is 0 Å². The summed E-state index contributed by atoms with van der Waals surface area (Å²) in [6.07, 6.45) is 5.84. The molecule has 1 aliphatic heterocycles. The molecule has 188 valence electrons. The molecule has 2 amide bonds. The largest absolute Gasteiger partial charge is 0.464 e. The first-order valence-electron chi connectivity index (χ1n) is 12.4. The zero-order chi connectivity index (χ0) is 25.0. The molecule has 0 radical (unpaired) electrons. The van der Waals surface area contributed by atoms with Crippen molar-refractivity contribution >= 4 is 18.0 Å². The van der Waals surface area contributed by atoms with E-state index in [1.807, 2.05) is 54.5 Å². The molecule has 1 aliphatic carbocycles. The van der Waals surface area contributed by atoms with E-state index >= 15 is 0 Å². The first-order chi connectivity index (χ1) is 15.3. The Hall–Kier alpha value is -2.05. The Morgan fingerprint density at radius 2 is 1.94 bits per heavy atom. The van der Waals surface area contributed by atoms with Gasteiger partial charge in [0, 0.05) is 12.5 Å². The van der Waals surface area contributed by atoms with Gasteiger partial charge in [0.2, 0.25) is 5.91 Å². The highest BCUT2D eigenvalue weighted by atomic mass is 16.6. The van der Waals surface area contributed by atoms with Gasteiger partial charge in [-0.15, -0.1) is 6.58 Å². The number of hydrogen-bond donors (Lipinski definition) is 1. The minimum atomic E-state index is -0.808. The number of alkyl carbamates (subject to hydrolysis) is 1. The van der Waals surface area contributed by atoms with Crippen LogP contribution in [0, 0.1) is 23.2 Å². The third kappa shape index (κ3) is 7.21.